The number of pyridine rings is 1. The van der Waals surface area contributed by atoms with Gasteiger partial charge in [0, 0.05) is 10.9 Å². The van der Waals surface area contributed by atoms with E-state index in [4.69, 9.17) is 5.73 Å². The molecule has 3 heteroatoms. The molecule has 0 aliphatic heterocycles. The quantitative estimate of drug-likeness (QED) is 0.696. The third-order valence-electron chi connectivity index (χ3n) is 1.56. The lowest BCUT2D eigenvalue weighted by Crippen LogP contribution is -2.06. The van der Waals surface area contributed by atoms with Crippen LogP contribution in [0.2, 0.25) is 0 Å². The third kappa shape index (κ3) is 1.54. The zero-order valence-corrected chi connectivity index (χ0v) is 7.90. The lowest BCUT2D eigenvalue weighted by molar-refractivity contribution is 1.31. The van der Waals surface area contributed by atoms with Crippen molar-refractivity contribution in [1.29, 1.82) is 0 Å². The predicted octanol–water partition coefficient (Wildman–Crippen LogP) is 1.45. The number of aromatic nitrogens is 1. The van der Waals surface area contributed by atoms with Crippen molar-refractivity contribution < 1.29 is 0 Å². The first-order chi connectivity index (χ1) is 5.69. The SMILES string of the molecule is C=Cc1cc(P)c(N)nc1C=C. The summed E-state index contributed by atoms with van der Waals surface area (Å²) in [6, 6.07) is 1.91. The predicted molar refractivity (Wildman–Crippen MR) is 58.2 cm³/mol. The summed E-state index contributed by atoms with van der Waals surface area (Å²) >= 11 is 0. The van der Waals surface area contributed by atoms with Crippen LogP contribution in [0.4, 0.5) is 5.82 Å². The van der Waals surface area contributed by atoms with Gasteiger partial charge in [0.1, 0.15) is 5.82 Å². The lowest BCUT2D eigenvalue weighted by Gasteiger charge is -2.04. The maximum absolute atomic E-state index is 5.61. The van der Waals surface area contributed by atoms with Crippen molar-refractivity contribution in [3.63, 3.8) is 0 Å². The summed E-state index contributed by atoms with van der Waals surface area (Å²) in [4.78, 5) is 4.13. The van der Waals surface area contributed by atoms with Crippen LogP contribution < -0.4 is 11.0 Å². The van der Waals surface area contributed by atoms with E-state index in [0.29, 0.717) is 5.82 Å². The summed E-state index contributed by atoms with van der Waals surface area (Å²) in [6.07, 6.45) is 3.40. The van der Waals surface area contributed by atoms with Crippen molar-refractivity contribution >= 4 is 32.5 Å². The van der Waals surface area contributed by atoms with E-state index in [0.717, 1.165) is 16.6 Å². The highest BCUT2D eigenvalue weighted by Gasteiger charge is 2.00. The highest BCUT2D eigenvalue weighted by molar-refractivity contribution is 7.28. The van der Waals surface area contributed by atoms with Gasteiger partial charge in [0.25, 0.3) is 0 Å². The second-order valence-electron chi connectivity index (χ2n) is 2.35. The van der Waals surface area contributed by atoms with E-state index >= 15 is 0 Å². The zero-order valence-electron chi connectivity index (χ0n) is 6.75. The van der Waals surface area contributed by atoms with E-state index in [1.165, 1.54) is 0 Å². The number of hydrogen-bond donors (Lipinski definition) is 1. The van der Waals surface area contributed by atoms with Crippen LogP contribution in [-0.4, -0.2) is 4.98 Å². The van der Waals surface area contributed by atoms with Crippen molar-refractivity contribution in [3.8, 4) is 0 Å². The molecule has 0 aliphatic carbocycles. The van der Waals surface area contributed by atoms with Gasteiger partial charge in [-0.2, -0.15) is 0 Å². The Labute approximate surface area is 74.4 Å². The number of nitrogens with zero attached hydrogens (tertiary/aromatic N) is 1. The smallest absolute Gasteiger partial charge is 0.131 e. The molecule has 0 aromatic carbocycles. The molecule has 2 N–H and O–H groups in total. The van der Waals surface area contributed by atoms with Gasteiger partial charge in [-0.3, -0.25) is 0 Å². The summed E-state index contributed by atoms with van der Waals surface area (Å²) in [5, 5.41) is 0.885. The average molecular weight is 178 g/mol. The molecule has 0 bridgehead atoms. The molecule has 1 heterocycles. The molecule has 0 spiro atoms. The van der Waals surface area contributed by atoms with Crippen LogP contribution in [0.25, 0.3) is 12.2 Å². The van der Waals surface area contributed by atoms with E-state index in [1.54, 1.807) is 12.2 Å². The van der Waals surface area contributed by atoms with Gasteiger partial charge in [-0.25, -0.2) is 4.98 Å². The summed E-state index contributed by atoms with van der Waals surface area (Å²) in [5.74, 6) is 0.514. The molecular formula is C9H11N2P. The van der Waals surface area contributed by atoms with Gasteiger partial charge in [0.05, 0.1) is 5.69 Å². The van der Waals surface area contributed by atoms with Crippen LogP contribution in [0, 0.1) is 0 Å². The number of hydrogen-bond acceptors (Lipinski definition) is 2. The van der Waals surface area contributed by atoms with Gasteiger partial charge in [-0.15, -0.1) is 9.24 Å². The topological polar surface area (TPSA) is 38.9 Å². The second-order valence-corrected chi connectivity index (χ2v) is 2.97. The first-order valence-electron chi connectivity index (χ1n) is 3.50. The Hall–Kier alpha value is -1.14. The summed E-state index contributed by atoms with van der Waals surface area (Å²) in [5.41, 5.74) is 7.33. The monoisotopic (exact) mass is 178 g/mol. The van der Waals surface area contributed by atoms with Crippen molar-refractivity contribution in [1.82, 2.24) is 4.98 Å². The Morgan fingerprint density at radius 2 is 2.08 bits per heavy atom. The molecule has 12 heavy (non-hydrogen) atoms. The Morgan fingerprint density at radius 3 is 2.58 bits per heavy atom. The molecule has 62 valence electrons. The summed E-state index contributed by atoms with van der Waals surface area (Å²) in [6.45, 7) is 7.31. The van der Waals surface area contributed by atoms with Gasteiger partial charge in [-0.1, -0.05) is 19.2 Å². The molecule has 1 unspecified atom stereocenters. The van der Waals surface area contributed by atoms with Gasteiger partial charge < -0.3 is 5.73 Å². The Balaban J connectivity index is 3.37. The van der Waals surface area contributed by atoms with E-state index in [2.05, 4.69) is 27.4 Å². The molecule has 1 atom stereocenters. The van der Waals surface area contributed by atoms with E-state index < -0.39 is 0 Å². The molecule has 0 fully saturated rings. The zero-order chi connectivity index (χ0) is 9.14. The minimum absolute atomic E-state index is 0.514. The van der Waals surface area contributed by atoms with Gasteiger partial charge in [0.2, 0.25) is 0 Å². The fourth-order valence-corrected chi connectivity index (χ4v) is 1.15. The maximum Gasteiger partial charge on any atom is 0.131 e. The van der Waals surface area contributed by atoms with Crippen LogP contribution in [0.5, 0.6) is 0 Å². The first kappa shape index (κ1) is 8.95. The summed E-state index contributed by atoms with van der Waals surface area (Å²) in [7, 11) is 2.52. The van der Waals surface area contributed by atoms with Crippen LogP contribution in [0.15, 0.2) is 19.2 Å². The number of nitrogens with two attached hydrogens (primary N) is 1. The van der Waals surface area contributed by atoms with Gasteiger partial charge in [0.15, 0.2) is 0 Å². The molecule has 0 radical (unpaired) electrons. The Bertz CT molecular complexity index is 299. The highest BCUT2D eigenvalue weighted by Crippen LogP contribution is 2.11. The lowest BCUT2D eigenvalue weighted by atomic mass is 10.2. The Kier molecular flexibility index (Phi) is 2.61. The van der Waals surface area contributed by atoms with Crippen LogP contribution in [0.1, 0.15) is 11.3 Å². The first-order valence-corrected chi connectivity index (χ1v) is 4.07. The number of anilines is 1. The third-order valence-corrected chi connectivity index (χ3v) is 2.02. The number of rotatable bonds is 2. The molecular weight excluding hydrogens is 167 g/mol. The molecule has 1 rings (SSSR count). The molecule has 2 nitrogen and oxygen atoms in total. The van der Waals surface area contributed by atoms with Gasteiger partial charge >= 0.3 is 0 Å². The fourth-order valence-electron chi connectivity index (χ4n) is 0.901. The largest absolute Gasteiger partial charge is 0.383 e. The molecule has 0 saturated heterocycles. The second kappa shape index (κ2) is 3.51. The average Bonchev–Trinajstić information content (AvgIpc) is 2.09. The molecule has 1 aromatic heterocycles. The van der Waals surface area contributed by atoms with Gasteiger partial charge in [-0.05, 0) is 12.1 Å². The number of nitrogen functional groups attached to an aromatic ring is 1. The van der Waals surface area contributed by atoms with Crippen LogP contribution in [0.3, 0.4) is 0 Å². The van der Waals surface area contributed by atoms with Crippen molar-refractivity contribution in [2.24, 2.45) is 0 Å². The molecule has 0 amide bonds. The van der Waals surface area contributed by atoms with Crippen molar-refractivity contribution in [3.05, 3.63) is 30.5 Å². The normalized spacial score (nSPS) is 9.42. The molecule has 0 saturated carbocycles. The highest BCUT2D eigenvalue weighted by atomic mass is 31.0. The fraction of sp³-hybridized carbons (Fsp3) is 0. The Morgan fingerprint density at radius 1 is 1.42 bits per heavy atom. The standard InChI is InChI=1S/C9H11N2P/c1-3-6-5-8(12)9(10)11-7(6)4-2/h3-5H,1-2,12H2,(H2,10,11). The molecule has 1 aromatic rings. The van der Waals surface area contributed by atoms with E-state index in [9.17, 15) is 0 Å². The minimum atomic E-state index is 0.514. The minimum Gasteiger partial charge on any atom is -0.383 e. The van der Waals surface area contributed by atoms with Crippen LogP contribution in [-0.2, 0) is 0 Å². The van der Waals surface area contributed by atoms with Crippen molar-refractivity contribution in [2.45, 2.75) is 0 Å². The molecule has 0 aliphatic rings. The van der Waals surface area contributed by atoms with E-state index in [1.807, 2.05) is 6.07 Å². The summed E-state index contributed by atoms with van der Waals surface area (Å²) < 4.78 is 0. The van der Waals surface area contributed by atoms with Crippen LogP contribution >= 0.6 is 9.24 Å². The van der Waals surface area contributed by atoms with Crippen molar-refractivity contribution in [2.75, 3.05) is 5.73 Å². The maximum atomic E-state index is 5.61. The van der Waals surface area contributed by atoms with E-state index in [-0.39, 0.29) is 0 Å².